The average molecular weight is 381 g/mol. The van der Waals surface area contributed by atoms with Crippen molar-refractivity contribution in [2.45, 2.75) is 31.7 Å². The number of nitrogens with zero attached hydrogens (tertiary/aromatic N) is 4. The van der Waals surface area contributed by atoms with E-state index in [-0.39, 0.29) is 5.95 Å². The quantitative estimate of drug-likeness (QED) is 0.711. The fourth-order valence-electron chi connectivity index (χ4n) is 2.96. The fourth-order valence-corrected chi connectivity index (χ4v) is 2.96. The molecule has 3 rings (SSSR count). The number of para-hydroxylation sites is 2. The van der Waals surface area contributed by atoms with Crippen molar-refractivity contribution in [2.75, 3.05) is 5.32 Å². The molecular weight excluding hydrogens is 363 g/mol. The van der Waals surface area contributed by atoms with Gasteiger partial charge in [-0.05, 0) is 19.1 Å². The second kappa shape index (κ2) is 6.69. The molecule has 10 heteroatoms. The molecule has 0 aliphatic rings. The van der Waals surface area contributed by atoms with Gasteiger partial charge in [-0.15, -0.1) is 0 Å². The van der Waals surface area contributed by atoms with Gasteiger partial charge in [0, 0.05) is 26.0 Å². The summed E-state index contributed by atoms with van der Waals surface area (Å²) >= 11 is 0. The van der Waals surface area contributed by atoms with Crippen LogP contribution in [0.2, 0.25) is 0 Å². The predicted octanol–water partition coefficient (Wildman–Crippen LogP) is 2.57. The van der Waals surface area contributed by atoms with E-state index in [1.165, 1.54) is 13.2 Å². The normalized spacial score (nSPS) is 14.3. The molecule has 0 radical (unpaired) electrons. The molecule has 1 aromatic carbocycles. The number of amides is 1. The molecular formula is C17H18F3N5O2. The van der Waals surface area contributed by atoms with Crippen LogP contribution in [0.1, 0.15) is 19.2 Å². The summed E-state index contributed by atoms with van der Waals surface area (Å²) in [7, 11) is 1.31. The van der Waals surface area contributed by atoms with Gasteiger partial charge in [-0.2, -0.15) is 13.2 Å². The van der Waals surface area contributed by atoms with Crippen molar-refractivity contribution in [1.82, 2.24) is 19.1 Å². The van der Waals surface area contributed by atoms with Gasteiger partial charge >= 0.3 is 6.18 Å². The summed E-state index contributed by atoms with van der Waals surface area (Å²) in [6, 6.07) is 7.09. The lowest BCUT2D eigenvalue weighted by Crippen LogP contribution is -2.47. The van der Waals surface area contributed by atoms with E-state index in [1.807, 2.05) is 6.92 Å². The van der Waals surface area contributed by atoms with Crippen molar-refractivity contribution in [3.63, 3.8) is 0 Å². The zero-order valence-electron chi connectivity index (χ0n) is 14.7. The van der Waals surface area contributed by atoms with E-state index in [0.717, 1.165) is 16.3 Å². The highest BCUT2D eigenvalue weighted by atomic mass is 19.4. The number of alkyl halides is 3. The smallest absolute Gasteiger partial charge is 0.374 e. The largest absolute Gasteiger partial charge is 0.425 e. The Kier molecular flexibility index (Phi) is 4.68. The van der Waals surface area contributed by atoms with Crippen molar-refractivity contribution in [1.29, 1.82) is 0 Å². The Morgan fingerprint density at radius 3 is 2.59 bits per heavy atom. The molecule has 2 N–H and O–H groups in total. The Morgan fingerprint density at radius 2 is 2.00 bits per heavy atom. The number of rotatable bonds is 5. The number of carbonyl (C=O) groups is 1. The van der Waals surface area contributed by atoms with Gasteiger partial charge in [0.05, 0.1) is 17.5 Å². The highest BCUT2D eigenvalue weighted by molar-refractivity contribution is 5.92. The van der Waals surface area contributed by atoms with Gasteiger partial charge in [0.2, 0.25) is 17.5 Å². The highest BCUT2D eigenvalue weighted by Crippen LogP contribution is 2.40. The first-order valence-electron chi connectivity index (χ1n) is 8.19. The molecule has 7 nitrogen and oxygen atoms in total. The number of anilines is 1. The molecule has 2 aromatic heterocycles. The van der Waals surface area contributed by atoms with E-state index in [9.17, 15) is 23.1 Å². The molecule has 0 spiro atoms. The van der Waals surface area contributed by atoms with Crippen molar-refractivity contribution in [3.8, 4) is 0 Å². The van der Waals surface area contributed by atoms with E-state index in [4.69, 9.17) is 0 Å². The van der Waals surface area contributed by atoms with Crippen LogP contribution in [0.25, 0.3) is 11.0 Å². The zero-order valence-corrected chi connectivity index (χ0v) is 14.7. The number of aryl methyl sites for hydroxylation is 2. The number of nitrogens with one attached hydrogen (secondary N) is 1. The molecule has 144 valence electrons. The summed E-state index contributed by atoms with van der Waals surface area (Å²) in [6.45, 7) is 2.28. The van der Waals surface area contributed by atoms with Crippen molar-refractivity contribution >= 4 is 22.9 Å². The summed E-state index contributed by atoms with van der Waals surface area (Å²) in [5.74, 6) is -1.56. The molecule has 0 aliphatic carbocycles. The van der Waals surface area contributed by atoms with Crippen molar-refractivity contribution in [2.24, 2.45) is 7.05 Å². The molecule has 2 heterocycles. The summed E-state index contributed by atoms with van der Waals surface area (Å²) in [4.78, 5) is 20.2. The molecule has 0 saturated heterocycles. The molecule has 1 amide bonds. The van der Waals surface area contributed by atoms with Gasteiger partial charge in [0.25, 0.3) is 0 Å². The number of fused-ring (bicyclic) bond motifs is 1. The SMILES string of the molecule is CCn1c(NC(=O)CC(O)(c2nccn2C)C(F)(F)F)nc2ccccc21. The van der Waals surface area contributed by atoms with Crippen LogP contribution in [0.15, 0.2) is 36.7 Å². The highest BCUT2D eigenvalue weighted by Gasteiger charge is 2.58. The van der Waals surface area contributed by atoms with E-state index in [1.54, 1.807) is 28.8 Å². The number of carbonyl (C=O) groups excluding carboxylic acids is 1. The Balaban J connectivity index is 1.91. The van der Waals surface area contributed by atoms with Crippen LogP contribution < -0.4 is 5.32 Å². The lowest BCUT2D eigenvalue weighted by Gasteiger charge is -2.29. The number of aliphatic hydroxyl groups is 1. The van der Waals surface area contributed by atoms with Crippen LogP contribution in [-0.2, 0) is 24.0 Å². The third kappa shape index (κ3) is 3.27. The number of imidazole rings is 2. The molecule has 3 aromatic rings. The number of hydrogen-bond donors (Lipinski definition) is 2. The van der Waals surface area contributed by atoms with Crippen molar-refractivity contribution in [3.05, 3.63) is 42.5 Å². The van der Waals surface area contributed by atoms with Gasteiger partial charge in [-0.25, -0.2) is 9.97 Å². The molecule has 0 aliphatic heterocycles. The van der Waals surface area contributed by atoms with Gasteiger partial charge in [-0.3, -0.25) is 10.1 Å². The second-order valence-electron chi connectivity index (χ2n) is 6.11. The zero-order chi connectivity index (χ0) is 19.8. The molecule has 0 fully saturated rings. The molecule has 1 atom stereocenters. The summed E-state index contributed by atoms with van der Waals surface area (Å²) in [6.07, 6.45) is -3.94. The first kappa shape index (κ1) is 18.9. The van der Waals surface area contributed by atoms with Crippen LogP contribution in [0, 0.1) is 0 Å². The number of aromatic nitrogens is 4. The van der Waals surface area contributed by atoms with E-state index in [0.29, 0.717) is 12.1 Å². The second-order valence-corrected chi connectivity index (χ2v) is 6.11. The maximum absolute atomic E-state index is 13.6. The minimum Gasteiger partial charge on any atom is -0.374 e. The minimum absolute atomic E-state index is 0.119. The molecule has 0 bridgehead atoms. The van der Waals surface area contributed by atoms with Gasteiger partial charge in [0.1, 0.15) is 0 Å². The van der Waals surface area contributed by atoms with Crippen LogP contribution in [0.5, 0.6) is 0 Å². The van der Waals surface area contributed by atoms with Gasteiger partial charge in [-0.1, -0.05) is 12.1 Å². The number of benzene rings is 1. The Labute approximate surface area is 152 Å². The standard InChI is InChI=1S/C17H18F3N5O2/c1-3-25-12-7-5-4-6-11(12)22-15(25)23-13(26)10-16(27,17(18,19)20)14-21-8-9-24(14)2/h4-9,27H,3,10H2,1-2H3,(H,22,23,26). The first-order valence-corrected chi connectivity index (χ1v) is 8.19. The Bertz CT molecular complexity index is 979. The maximum atomic E-state index is 13.6. The van der Waals surface area contributed by atoms with Crippen LogP contribution in [0.3, 0.4) is 0 Å². The van der Waals surface area contributed by atoms with E-state index in [2.05, 4.69) is 15.3 Å². The third-order valence-corrected chi connectivity index (χ3v) is 4.30. The first-order chi connectivity index (χ1) is 12.7. The minimum atomic E-state index is -5.09. The van der Waals surface area contributed by atoms with Crippen LogP contribution in [-0.4, -0.2) is 36.3 Å². The lowest BCUT2D eigenvalue weighted by atomic mass is 9.97. The van der Waals surface area contributed by atoms with Crippen LogP contribution >= 0.6 is 0 Å². The van der Waals surface area contributed by atoms with E-state index < -0.39 is 29.9 Å². The maximum Gasteiger partial charge on any atom is 0.425 e. The Morgan fingerprint density at radius 1 is 1.30 bits per heavy atom. The van der Waals surface area contributed by atoms with Crippen LogP contribution in [0.4, 0.5) is 19.1 Å². The predicted molar refractivity (Wildman–Crippen MR) is 91.8 cm³/mol. The van der Waals surface area contributed by atoms with Gasteiger partial charge < -0.3 is 14.2 Å². The number of hydrogen-bond acceptors (Lipinski definition) is 4. The monoisotopic (exact) mass is 381 g/mol. The number of halogens is 3. The molecule has 0 saturated carbocycles. The molecule has 1 unspecified atom stereocenters. The Hall–Kier alpha value is -2.88. The van der Waals surface area contributed by atoms with Crippen molar-refractivity contribution < 1.29 is 23.1 Å². The van der Waals surface area contributed by atoms with Gasteiger partial charge in [0.15, 0.2) is 5.82 Å². The average Bonchev–Trinajstić information content (AvgIpc) is 3.16. The third-order valence-electron chi connectivity index (χ3n) is 4.30. The molecule has 27 heavy (non-hydrogen) atoms. The topological polar surface area (TPSA) is 85.0 Å². The summed E-state index contributed by atoms with van der Waals surface area (Å²) in [5, 5.41) is 12.7. The summed E-state index contributed by atoms with van der Waals surface area (Å²) < 4.78 is 43.4. The fraction of sp³-hybridized carbons (Fsp3) is 0.353. The van der Waals surface area contributed by atoms with E-state index >= 15 is 0 Å². The summed E-state index contributed by atoms with van der Waals surface area (Å²) in [5.41, 5.74) is -2.08. The lowest BCUT2D eigenvalue weighted by molar-refractivity contribution is -0.270.